The fourth-order valence-corrected chi connectivity index (χ4v) is 2.88. The van der Waals surface area contributed by atoms with Crippen molar-refractivity contribution in [3.63, 3.8) is 0 Å². The van der Waals surface area contributed by atoms with Crippen LogP contribution in [0.5, 0.6) is 0 Å². The number of likely N-dealkylation sites (tertiary alicyclic amines) is 1. The van der Waals surface area contributed by atoms with E-state index in [9.17, 15) is 0 Å². The van der Waals surface area contributed by atoms with Gasteiger partial charge >= 0.3 is 0 Å². The van der Waals surface area contributed by atoms with Gasteiger partial charge in [0.25, 0.3) is 0 Å². The fourth-order valence-electron chi connectivity index (χ4n) is 2.28. The first kappa shape index (κ1) is 13.7. The molecule has 5 heteroatoms. The number of nitrogens with one attached hydrogen (secondary N) is 1. The van der Waals surface area contributed by atoms with E-state index < -0.39 is 0 Å². The second-order valence-electron chi connectivity index (χ2n) is 5.73. The van der Waals surface area contributed by atoms with Crippen LogP contribution in [-0.4, -0.2) is 40.9 Å². The van der Waals surface area contributed by atoms with Crippen LogP contribution in [-0.2, 0) is 6.42 Å². The summed E-state index contributed by atoms with van der Waals surface area (Å²) in [7, 11) is 2.20. The molecule has 18 heavy (non-hydrogen) atoms. The van der Waals surface area contributed by atoms with E-state index in [1.165, 1.54) is 37.5 Å². The van der Waals surface area contributed by atoms with Crippen LogP contribution in [0.4, 0.5) is 5.13 Å². The molecule has 4 nitrogen and oxygen atoms in total. The Balaban J connectivity index is 1.82. The monoisotopic (exact) mass is 268 g/mol. The Kier molecular flexibility index (Phi) is 4.56. The molecule has 0 saturated carbocycles. The summed E-state index contributed by atoms with van der Waals surface area (Å²) < 4.78 is 4.36. The van der Waals surface area contributed by atoms with Crippen molar-refractivity contribution in [3.8, 4) is 0 Å². The first-order chi connectivity index (χ1) is 8.61. The van der Waals surface area contributed by atoms with Crippen molar-refractivity contribution >= 4 is 16.7 Å². The Morgan fingerprint density at radius 1 is 1.39 bits per heavy atom. The predicted octanol–water partition coefficient (Wildman–Crippen LogP) is 2.63. The Labute approximate surface area is 114 Å². The predicted molar refractivity (Wildman–Crippen MR) is 77.2 cm³/mol. The van der Waals surface area contributed by atoms with Crippen LogP contribution in [0, 0.1) is 5.41 Å². The first-order valence-electron chi connectivity index (χ1n) is 6.86. The van der Waals surface area contributed by atoms with Crippen molar-refractivity contribution in [2.75, 3.05) is 32.0 Å². The maximum absolute atomic E-state index is 4.52. The zero-order valence-electron chi connectivity index (χ0n) is 11.7. The minimum Gasteiger partial charge on any atom is -0.360 e. The van der Waals surface area contributed by atoms with Crippen LogP contribution < -0.4 is 5.32 Å². The molecule has 0 bridgehead atoms. The van der Waals surface area contributed by atoms with E-state index in [1.54, 1.807) is 0 Å². The van der Waals surface area contributed by atoms with Crippen molar-refractivity contribution in [2.45, 2.75) is 39.5 Å². The highest BCUT2D eigenvalue weighted by Gasteiger charge is 2.28. The first-order valence-corrected chi connectivity index (χ1v) is 7.64. The van der Waals surface area contributed by atoms with Gasteiger partial charge in [0.1, 0.15) is 5.82 Å². The van der Waals surface area contributed by atoms with Crippen LogP contribution in [0.3, 0.4) is 0 Å². The third-order valence-corrected chi connectivity index (χ3v) is 4.51. The smallest absolute Gasteiger partial charge is 0.202 e. The maximum Gasteiger partial charge on any atom is 0.202 e. The third kappa shape index (κ3) is 3.65. The SMILES string of the molecule is CCCc1nsc(NCC2(C)CCN(C)CC2)n1. The third-order valence-electron chi connectivity index (χ3n) is 3.80. The Morgan fingerprint density at radius 3 is 2.78 bits per heavy atom. The maximum atomic E-state index is 4.52. The van der Waals surface area contributed by atoms with Gasteiger partial charge in [0.15, 0.2) is 0 Å². The molecule has 2 heterocycles. The fraction of sp³-hybridized carbons (Fsp3) is 0.846. The van der Waals surface area contributed by atoms with E-state index in [0.717, 1.165) is 30.3 Å². The van der Waals surface area contributed by atoms with Crippen LogP contribution in [0.15, 0.2) is 0 Å². The molecule has 0 unspecified atom stereocenters. The van der Waals surface area contributed by atoms with Gasteiger partial charge in [-0.1, -0.05) is 13.8 Å². The zero-order chi connectivity index (χ0) is 13.0. The number of nitrogens with zero attached hydrogens (tertiary/aromatic N) is 3. The van der Waals surface area contributed by atoms with Gasteiger partial charge in [0.2, 0.25) is 5.13 Å². The van der Waals surface area contributed by atoms with Crippen LogP contribution in [0.2, 0.25) is 0 Å². The number of rotatable bonds is 5. The molecule has 1 saturated heterocycles. The number of hydrogen-bond acceptors (Lipinski definition) is 5. The van der Waals surface area contributed by atoms with Gasteiger partial charge in [-0.05, 0) is 44.8 Å². The largest absolute Gasteiger partial charge is 0.360 e. The van der Waals surface area contributed by atoms with Crippen LogP contribution in [0.1, 0.15) is 38.9 Å². The van der Waals surface area contributed by atoms with Gasteiger partial charge in [-0.2, -0.15) is 4.37 Å². The quantitative estimate of drug-likeness (QED) is 0.891. The molecule has 1 aromatic heterocycles. The van der Waals surface area contributed by atoms with Gasteiger partial charge in [0.05, 0.1) is 0 Å². The molecule has 1 aliphatic heterocycles. The number of aryl methyl sites for hydroxylation is 1. The van der Waals surface area contributed by atoms with Crippen LogP contribution in [0.25, 0.3) is 0 Å². The molecular weight excluding hydrogens is 244 g/mol. The number of piperidine rings is 1. The second kappa shape index (κ2) is 5.97. The number of aromatic nitrogens is 2. The molecule has 1 N–H and O–H groups in total. The summed E-state index contributed by atoms with van der Waals surface area (Å²) in [4.78, 5) is 6.93. The van der Waals surface area contributed by atoms with Crippen molar-refractivity contribution < 1.29 is 0 Å². The molecule has 0 atom stereocenters. The molecule has 0 spiro atoms. The molecule has 1 fully saturated rings. The van der Waals surface area contributed by atoms with Gasteiger partial charge in [0, 0.05) is 24.5 Å². The highest BCUT2D eigenvalue weighted by Crippen LogP contribution is 2.30. The summed E-state index contributed by atoms with van der Waals surface area (Å²) >= 11 is 1.49. The van der Waals surface area contributed by atoms with E-state index >= 15 is 0 Å². The molecular formula is C13H24N4S. The summed E-state index contributed by atoms with van der Waals surface area (Å²) in [5.74, 6) is 0.985. The van der Waals surface area contributed by atoms with Gasteiger partial charge in [-0.25, -0.2) is 4.98 Å². The summed E-state index contributed by atoms with van der Waals surface area (Å²) in [5.41, 5.74) is 0.406. The zero-order valence-corrected chi connectivity index (χ0v) is 12.5. The van der Waals surface area contributed by atoms with Crippen molar-refractivity contribution in [3.05, 3.63) is 5.82 Å². The van der Waals surface area contributed by atoms with Crippen molar-refractivity contribution in [1.29, 1.82) is 0 Å². The lowest BCUT2D eigenvalue weighted by Crippen LogP contribution is -2.40. The molecule has 1 aliphatic rings. The lowest BCUT2D eigenvalue weighted by molar-refractivity contribution is 0.150. The van der Waals surface area contributed by atoms with Gasteiger partial charge in [-0.15, -0.1) is 0 Å². The number of hydrogen-bond donors (Lipinski definition) is 1. The van der Waals surface area contributed by atoms with E-state index in [-0.39, 0.29) is 0 Å². The molecule has 0 amide bonds. The lowest BCUT2D eigenvalue weighted by atomic mass is 9.80. The molecule has 2 rings (SSSR count). The van der Waals surface area contributed by atoms with Gasteiger partial charge in [-0.3, -0.25) is 0 Å². The summed E-state index contributed by atoms with van der Waals surface area (Å²) in [6.07, 6.45) is 4.62. The lowest BCUT2D eigenvalue weighted by Gasteiger charge is -2.37. The highest BCUT2D eigenvalue weighted by atomic mass is 32.1. The summed E-state index contributed by atoms with van der Waals surface area (Å²) in [5, 5.41) is 4.46. The molecule has 102 valence electrons. The van der Waals surface area contributed by atoms with E-state index in [1.807, 2.05) is 0 Å². The molecule has 1 aromatic rings. The average molecular weight is 268 g/mol. The van der Waals surface area contributed by atoms with E-state index in [0.29, 0.717) is 5.41 Å². The highest BCUT2D eigenvalue weighted by molar-refractivity contribution is 7.09. The standard InChI is InChI=1S/C13H24N4S/c1-4-5-11-15-12(18-16-11)14-10-13(2)6-8-17(3)9-7-13/h4-10H2,1-3H3,(H,14,15,16). The molecule has 0 aliphatic carbocycles. The van der Waals surface area contributed by atoms with Gasteiger partial charge < -0.3 is 10.2 Å². The van der Waals surface area contributed by atoms with Crippen molar-refractivity contribution in [2.24, 2.45) is 5.41 Å². The average Bonchev–Trinajstić information content (AvgIpc) is 2.80. The van der Waals surface area contributed by atoms with E-state index in [2.05, 4.69) is 40.5 Å². The minimum atomic E-state index is 0.406. The normalized spacial score (nSPS) is 19.9. The van der Waals surface area contributed by atoms with Crippen molar-refractivity contribution in [1.82, 2.24) is 14.3 Å². The Morgan fingerprint density at radius 2 is 2.11 bits per heavy atom. The molecule has 0 radical (unpaired) electrons. The summed E-state index contributed by atoms with van der Waals surface area (Å²) in [6.45, 7) is 7.96. The summed E-state index contributed by atoms with van der Waals surface area (Å²) in [6, 6.07) is 0. The van der Waals surface area contributed by atoms with Crippen LogP contribution >= 0.6 is 11.5 Å². The Hall–Kier alpha value is -0.680. The Bertz CT molecular complexity index is 369. The minimum absolute atomic E-state index is 0.406. The molecule has 0 aromatic carbocycles. The number of anilines is 1. The topological polar surface area (TPSA) is 41.1 Å². The second-order valence-corrected chi connectivity index (χ2v) is 6.49. The van der Waals surface area contributed by atoms with E-state index in [4.69, 9.17) is 0 Å².